The summed E-state index contributed by atoms with van der Waals surface area (Å²) in [5.74, 6) is 0. The van der Waals surface area contributed by atoms with Gasteiger partial charge in [-0.3, -0.25) is 4.98 Å². The van der Waals surface area contributed by atoms with Crippen LogP contribution in [0.1, 0.15) is 11.1 Å². The van der Waals surface area contributed by atoms with E-state index in [1.807, 2.05) is 23.2 Å². The first-order chi connectivity index (χ1) is 13.8. The van der Waals surface area contributed by atoms with Crippen LogP contribution in [0, 0.1) is 0 Å². The number of benzene rings is 2. The molecule has 0 spiro atoms. The van der Waals surface area contributed by atoms with Gasteiger partial charge in [0, 0.05) is 37.1 Å². The summed E-state index contributed by atoms with van der Waals surface area (Å²) in [4.78, 5) is 22.0. The monoisotopic (exact) mass is 368 g/mol. The molecule has 2 aromatic carbocycles. The van der Waals surface area contributed by atoms with E-state index in [-0.39, 0.29) is 6.03 Å². The molecule has 28 heavy (non-hydrogen) atoms. The van der Waals surface area contributed by atoms with Crippen molar-refractivity contribution in [3.63, 3.8) is 0 Å². The second kappa shape index (κ2) is 6.85. The molecule has 0 saturated carbocycles. The van der Waals surface area contributed by atoms with E-state index < -0.39 is 0 Å². The second-order valence-corrected chi connectivity index (χ2v) is 7.07. The smallest absolute Gasteiger partial charge is 0.322 e. The molecular formula is C23H20N4O. The molecule has 0 unspecified atom stereocenters. The predicted octanol–water partition coefficient (Wildman–Crippen LogP) is 4.82. The van der Waals surface area contributed by atoms with Crippen molar-refractivity contribution in [3.8, 4) is 11.1 Å². The van der Waals surface area contributed by atoms with E-state index in [1.165, 1.54) is 22.3 Å². The number of rotatable bonds is 2. The molecule has 0 atom stereocenters. The fourth-order valence-electron chi connectivity index (χ4n) is 3.80. The average Bonchev–Trinajstić information content (AvgIpc) is 3.16. The van der Waals surface area contributed by atoms with E-state index in [2.05, 4.69) is 57.7 Å². The fraction of sp³-hybridized carbons (Fsp3) is 0.130. The van der Waals surface area contributed by atoms with Gasteiger partial charge in [0.05, 0.1) is 11.2 Å². The number of hydrogen-bond donors (Lipinski definition) is 2. The first kappa shape index (κ1) is 16.6. The number of fused-ring (bicyclic) bond motifs is 2. The Kier molecular flexibility index (Phi) is 4.05. The third kappa shape index (κ3) is 3.01. The van der Waals surface area contributed by atoms with Crippen molar-refractivity contribution >= 4 is 22.6 Å². The number of pyridine rings is 1. The van der Waals surface area contributed by atoms with Crippen molar-refractivity contribution in [3.05, 3.63) is 84.3 Å². The van der Waals surface area contributed by atoms with Crippen LogP contribution in [0.2, 0.25) is 0 Å². The topological polar surface area (TPSA) is 61.0 Å². The van der Waals surface area contributed by atoms with Crippen molar-refractivity contribution in [2.75, 3.05) is 11.9 Å². The van der Waals surface area contributed by atoms with Crippen LogP contribution in [0.25, 0.3) is 22.0 Å². The van der Waals surface area contributed by atoms with Gasteiger partial charge < -0.3 is 15.2 Å². The maximum Gasteiger partial charge on any atom is 0.322 e. The molecule has 0 bridgehead atoms. The van der Waals surface area contributed by atoms with Crippen LogP contribution in [-0.2, 0) is 13.0 Å². The number of hydrogen-bond acceptors (Lipinski definition) is 2. The Labute approximate surface area is 163 Å². The van der Waals surface area contributed by atoms with Crippen molar-refractivity contribution in [1.29, 1.82) is 0 Å². The molecule has 138 valence electrons. The largest absolute Gasteiger partial charge is 0.359 e. The molecule has 3 heterocycles. The quantitative estimate of drug-likeness (QED) is 0.533. The Hall–Kier alpha value is -3.60. The molecule has 5 heteroatoms. The number of aromatic amines is 1. The number of carbonyl (C=O) groups is 1. The zero-order valence-electron chi connectivity index (χ0n) is 15.4. The van der Waals surface area contributed by atoms with Crippen LogP contribution in [0.4, 0.5) is 10.5 Å². The number of urea groups is 1. The van der Waals surface area contributed by atoms with Crippen molar-refractivity contribution in [1.82, 2.24) is 14.9 Å². The maximum absolute atomic E-state index is 12.8. The van der Waals surface area contributed by atoms with E-state index in [0.717, 1.165) is 23.0 Å². The van der Waals surface area contributed by atoms with Gasteiger partial charge in [-0.15, -0.1) is 0 Å². The molecule has 2 amide bonds. The summed E-state index contributed by atoms with van der Waals surface area (Å²) in [5.41, 5.74) is 6.70. The number of aromatic nitrogens is 2. The van der Waals surface area contributed by atoms with Gasteiger partial charge in [-0.1, -0.05) is 48.5 Å². The van der Waals surface area contributed by atoms with Gasteiger partial charge in [0.1, 0.15) is 0 Å². The van der Waals surface area contributed by atoms with Crippen LogP contribution in [0.15, 0.2) is 73.2 Å². The summed E-state index contributed by atoms with van der Waals surface area (Å²) in [6.45, 7) is 1.33. The van der Waals surface area contributed by atoms with Crippen LogP contribution in [-0.4, -0.2) is 27.4 Å². The normalized spacial score (nSPS) is 13.4. The zero-order valence-corrected chi connectivity index (χ0v) is 15.4. The molecule has 4 aromatic rings. The molecule has 5 rings (SSSR count). The lowest BCUT2D eigenvalue weighted by Crippen LogP contribution is -2.38. The van der Waals surface area contributed by atoms with Crippen molar-refractivity contribution < 1.29 is 4.79 Å². The van der Waals surface area contributed by atoms with Crippen molar-refractivity contribution in [2.45, 2.75) is 13.0 Å². The van der Waals surface area contributed by atoms with Crippen LogP contribution < -0.4 is 5.32 Å². The Balaban J connectivity index is 1.33. The molecule has 0 aliphatic carbocycles. The lowest BCUT2D eigenvalue weighted by atomic mass is 9.95. The Morgan fingerprint density at radius 2 is 1.93 bits per heavy atom. The van der Waals surface area contributed by atoms with Gasteiger partial charge in [-0.05, 0) is 34.7 Å². The molecule has 2 N–H and O–H groups in total. The first-order valence-electron chi connectivity index (χ1n) is 9.42. The van der Waals surface area contributed by atoms with Crippen LogP contribution >= 0.6 is 0 Å². The molecule has 5 nitrogen and oxygen atoms in total. The molecule has 0 saturated heterocycles. The number of H-pyrrole nitrogens is 1. The zero-order chi connectivity index (χ0) is 18.9. The summed E-state index contributed by atoms with van der Waals surface area (Å²) in [5, 5.41) is 3.94. The average molecular weight is 368 g/mol. The molecule has 0 fully saturated rings. The Morgan fingerprint density at radius 3 is 2.82 bits per heavy atom. The summed E-state index contributed by atoms with van der Waals surface area (Å²) < 4.78 is 0. The standard InChI is InChI=1S/C23H20N4O/c28-23(26-22-14-25-21-8-10-24-13-20(21)22)27-11-9-18-12-17(6-7-19(18)15-27)16-4-2-1-3-5-16/h1-8,10,12-14,25H,9,11,15H2,(H,26,28). The highest BCUT2D eigenvalue weighted by molar-refractivity contribution is 6.00. The van der Waals surface area contributed by atoms with Crippen LogP contribution in [0.3, 0.4) is 0 Å². The number of amides is 2. The number of anilines is 1. The van der Waals surface area contributed by atoms with Crippen molar-refractivity contribution in [2.24, 2.45) is 0 Å². The third-order valence-electron chi connectivity index (χ3n) is 5.34. The highest BCUT2D eigenvalue weighted by atomic mass is 16.2. The first-order valence-corrected chi connectivity index (χ1v) is 9.42. The van der Waals surface area contributed by atoms with E-state index in [4.69, 9.17) is 0 Å². The molecule has 0 radical (unpaired) electrons. The SMILES string of the molecule is O=C(Nc1c[nH]c2ccncc12)N1CCc2cc(-c3ccccc3)ccc2C1. The van der Waals surface area contributed by atoms with E-state index in [1.54, 1.807) is 12.4 Å². The summed E-state index contributed by atoms with van der Waals surface area (Å²) >= 11 is 0. The maximum atomic E-state index is 12.8. The Morgan fingerprint density at radius 1 is 1.04 bits per heavy atom. The lowest BCUT2D eigenvalue weighted by molar-refractivity contribution is 0.206. The second-order valence-electron chi connectivity index (χ2n) is 7.07. The molecule has 1 aliphatic rings. The van der Waals surface area contributed by atoms with E-state index >= 15 is 0 Å². The highest BCUT2D eigenvalue weighted by Crippen LogP contribution is 2.27. The van der Waals surface area contributed by atoms with Gasteiger partial charge in [-0.25, -0.2) is 4.79 Å². The predicted molar refractivity (Wildman–Crippen MR) is 111 cm³/mol. The summed E-state index contributed by atoms with van der Waals surface area (Å²) in [6.07, 6.45) is 6.17. The minimum absolute atomic E-state index is 0.0810. The summed E-state index contributed by atoms with van der Waals surface area (Å²) in [7, 11) is 0. The van der Waals surface area contributed by atoms with Gasteiger partial charge in [0.2, 0.25) is 0 Å². The molecular weight excluding hydrogens is 348 g/mol. The molecule has 1 aliphatic heterocycles. The number of carbonyl (C=O) groups excluding carboxylic acids is 1. The lowest BCUT2D eigenvalue weighted by Gasteiger charge is -2.29. The highest BCUT2D eigenvalue weighted by Gasteiger charge is 2.21. The Bertz CT molecular complexity index is 1150. The molecule has 2 aromatic heterocycles. The van der Waals surface area contributed by atoms with E-state index in [0.29, 0.717) is 13.1 Å². The third-order valence-corrected chi connectivity index (χ3v) is 5.34. The van der Waals surface area contributed by atoms with Gasteiger partial charge >= 0.3 is 6.03 Å². The minimum atomic E-state index is -0.0810. The number of nitrogens with one attached hydrogen (secondary N) is 2. The summed E-state index contributed by atoms with van der Waals surface area (Å²) in [6, 6.07) is 18.7. The van der Waals surface area contributed by atoms with Gasteiger partial charge in [-0.2, -0.15) is 0 Å². The van der Waals surface area contributed by atoms with Crippen LogP contribution in [0.5, 0.6) is 0 Å². The van der Waals surface area contributed by atoms with E-state index in [9.17, 15) is 4.79 Å². The number of nitrogens with zero attached hydrogens (tertiary/aromatic N) is 2. The van der Waals surface area contributed by atoms with Gasteiger partial charge in [0.25, 0.3) is 0 Å². The fourth-order valence-corrected chi connectivity index (χ4v) is 3.80. The van der Waals surface area contributed by atoms with Gasteiger partial charge in [0.15, 0.2) is 0 Å². The minimum Gasteiger partial charge on any atom is -0.359 e.